The van der Waals surface area contributed by atoms with Gasteiger partial charge in [0.1, 0.15) is 29.3 Å². The molecule has 4 aromatic rings. The predicted octanol–water partition coefficient (Wildman–Crippen LogP) is 6.39. The number of ether oxygens (including phenoxy) is 6. The number of hydrogen-bond donors (Lipinski definition) is 0. The number of benzene rings is 4. The van der Waals surface area contributed by atoms with Crippen molar-refractivity contribution in [1.29, 1.82) is 0 Å². The van der Waals surface area contributed by atoms with Crippen molar-refractivity contribution in [1.82, 2.24) is 0 Å². The molecule has 262 valence electrons. The van der Waals surface area contributed by atoms with Gasteiger partial charge in [-0.3, -0.25) is 14.4 Å². The zero-order chi connectivity index (χ0) is 35.3. The molecule has 12 heteroatoms. The number of rotatable bonds is 15. The van der Waals surface area contributed by atoms with Gasteiger partial charge in [0.05, 0.1) is 13.2 Å². The summed E-state index contributed by atoms with van der Waals surface area (Å²) in [5.41, 5.74) is 2.00. The molecule has 9 nitrogen and oxygen atoms in total. The maximum absolute atomic E-state index is 12.8. The highest BCUT2D eigenvalue weighted by Crippen LogP contribution is 2.41. The number of halogens is 3. The van der Waals surface area contributed by atoms with E-state index in [1.54, 1.807) is 0 Å². The molecule has 5 rings (SSSR count). The molecule has 0 aromatic heterocycles. The lowest BCUT2D eigenvalue weighted by atomic mass is 9.80. The zero-order valence-corrected chi connectivity index (χ0v) is 29.0. The summed E-state index contributed by atoms with van der Waals surface area (Å²) in [5.74, 6) is -4.16. The Bertz CT molecular complexity index is 1570. The van der Waals surface area contributed by atoms with Crippen LogP contribution in [0.3, 0.4) is 0 Å². The van der Waals surface area contributed by atoms with Crippen LogP contribution in [0.25, 0.3) is 0 Å². The molecule has 0 aliphatic carbocycles. The molecule has 0 bridgehead atoms. The Balaban J connectivity index is 1.60. The number of carbonyl (C=O) groups is 3. The summed E-state index contributed by atoms with van der Waals surface area (Å²) in [6.45, 7) is -0.215. The fourth-order valence-corrected chi connectivity index (χ4v) is 6.02. The average Bonchev–Trinajstić information content (AvgIpc) is 3.17. The summed E-state index contributed by atoms with van der Waals surface area (Å²) in [4.78, 5) is 38.1. The molecule has 1 heterocycles. The van der Waals surface area contributed by atoms with Gasteiger partial charge in [0.2, 0.25) is 0 Å². The minimum atomic E-state index is -1.46. The van der Waals surface area contributed by atoms with Gasteiger partial charge >= 0.3 is 17.9 Å². The first-order valence-corrected chi connectivity index (χ1v) is 17.4. The summed E-state index contributed by atoms with van der Waals surface area (Å²) >= 11 is 17.5. The second kappa shape index (κ2) is 18.3. The molecule has 1 aliphatic heterocycles. The van der Waals surface area contributed by atoms with Crippen LogP contribution in [0, 0.1) is 0 Å². The van der Waals surface area contributed by atoms with Crippen molar-refractivity contribution >= 4 is 52.7 Å². The van der Waals surface area contributed by atoms with Gasteiger partial charge in [-0.1, -0.05) is 121 Å². The quantitative estimate of drug-likeness (QED) is 0.0594. The van der Waals surface area contributed by atoms with Gasteiger partial charge in [0.15, 0.2) is 24.6 Å². The molecule has 0 radical (unpaired) electrons. The molecule has 5 atom stereocenters. The third-order valence-electron chi connectivity index (χ3n) is 7.98. The third-order valence-corrected chi connectivity index (χ3v) is 8.64. The topological polar surface area (TPSA) is 107 Å². The van der Waals surface area contributed by atoms with Crippen molar-refractivity contribution in [2.24, 2.45) is 0 Å². The van der Waals surface area contributed by atoms with E-state index in [-0.39, 0.29) is 13.2 Å². The number of esters is 3. The Kier molecular flexibility index (Phi) is 13.7. The average molecular weight is 742 g/mol. The first kappa shape index (κ1) is 37.3. The number of hydrogen-bond acceptors (Lipinski definition) is 9. The van der Waals surface area contributed by atoms with Crippen LogP contribution in [0.1, 0.15) is 22.3 Å². The van der Waals surface area contributed by atoms with E-state index >= 15 is 0 Å². The predicted molar refractivity (Wildman–Crippen MR) is 187 cm³/mol. The summed E-state index contributed by atoms with van der Waals surface area (Å²) in [5, 5.41) is 0. The van der Waals surface area contributed by atoms with Crippen molar-refractivity contribution in [3.8, 4) is 0 Å². The van der Waals surface area contributed by atoms with Crippen LogP contribution in [0.5, 0.6) is 0 Å². The van der Waals surface area contributed by atoms with Crippen LogP contribution in [0.4, 0.5) is 0 Å². The maximum atomic E-state index is 12.8. The van der Waals surface area contributed by atoms with Crippen LogP contribution in [0.2, 0.25) is 0 Å². The van der Waals surface area contributed by atoms with E-state index in [1.165, 1.54) is 0 Å². The summed E-state index contributed by atoms with van der Waals surface area (Å²) in [6.07, 6.45) is -6.77. The zero-order valence-electron chi connectivity index (χ0n) is 26.8. The van der Waals surface area contributed by atoms with Crippen LogP contribution in [-0.4, -0.2) is 72.9 Å². The van der Waals surface area contributed by atoms with Gasteiger partial charge in [0, 0.05) is 0 Å². The molecule has 1 fully saturated rings. The highest BCUT2D eigenvalue weighted by Gasteiger charge is 2.54. The van der Waals surface area contributed by atoms with Gasteiger partial charge < -0.3 is 28.4 Å². The summed E-state index contributed by atoms with van der Waals surface area (Å²) in [7, 11) is 0. The van der Waals surface area contributed by atoms with E-state index in [1.807, 2.05) is 121 Å². The lowest BCUT2D eigenvalue weighted by Crippen LogP contribution is -2.63. The normalized spacial score (nSPS) is 20.4. The van der Waals surface area contributed by atoms with Crippen molar-refractivity contribution in [2.45, 2.75) is 42.9 Å². The molecule has 0 N–H and O–H groups in total. The second-order valence-corrected chi connectivity index (χ2v) is 12.0. The maximum Gasteiger partial charge on any atom is 0.321 e. The van der Waals surface area contributed by atoms with Gasteiger partial charge in [-0.05, 0) is 22.3 Å². The van der Waals surface area contributed by atoms with Crippen LogP contribution in [-0.2, 0) is 55.0 Å². The molecule has 0 saturated carbocycles. The van der Waals surface area contributed by atoms with E-state index in [0.717, 1.165) is 22.3 Å². The van der Waals surface area contributed by atoms with Crippen LogP contribution in [0.15, 0.2) is 121 Å². The fourth-order valence-electron chi connectivity index (χ4n) is 5.83. The Labute approximate surface area is 305 Å². The first-order chi connectivity index (χ1) is 24.4. The number of carbonyl (C=O) groups excluding carboxylic acids is 3. The van der Waals surface area contributed by atoms with Crippen molar-refractivity contribution in [2.75, 3.05) is 24.2 Å². The van der Waals surface area contributed by atoms with Crippen molar-refractivity contribution in [3.63, 3.8) is 0 Å². The minimum absolute atomic E-state index is 0.0261. The van der Waals surface area contributed by atoms with E-state index in [0.29, 0.717) is 0 Å². The summed E-state index contributed by atoms with van der Waals surface area (Å²) < 4.78 is 36.8. The van der Waals surface area contributed by atoms with Crippen molar-refractivity contribution < 1.29 is 42.8 Å². The molecule has 50 heavy (non-hydrogen) atoms. The van der Waals surface area contributed by atoms with Crippen molar-refractivity contribution in [3.05, 3.63) is 144 Å². The molecule has 1 aliphatic rings. The molecular weight excluding hydrogens is 707 g/mol. The highest BCUT2D eigenvalue weighted by atomic mass is 35.5. The summed E-state index contributed by atoms with van der Waals surface area (Å²) in [6, 6.07) is 38.1. The van der Waals surface area contributed by atoms with E-state index in [4.69, 9.17) is 63.2 Å². The van der Waals surface area contributed by atoms with Gasteiger partial charge in [-0.2, -0.15) is 0 Å². The Morgan fingerprint density at radius 3 is 1.40 bits per heavy atom. The molecule has 0 amide bonds. The lowest BCUT2D eigenvalue weighted by molar-refractivity contribution is -0.313. The number of alkyl halides is 3. The SMILES string of the molecule is O=C(CCl)OC1C(COC(c2ccccc2)(c2ccccc2)c2ccccc2)OC(OCc2ccccc2)C(OC(=O)CCl)C1OC(=O)CCl. The van der Waals surface area contributed by atoms with Gasteiger partial charge in [-0.25, -0.2) is 0 Å². The smallest absolute Gasteiger partial charge is 0.321 e. The lowest BCUT2D eigenvalue weighted by Gasteiger charge is -2.45. The van der Waals surface area contributed by atoms with E-state index < -0.39 is 71.9 Å². The largest absolute Gasteiger partial charge is 0.454 e. The Morgan fingerprint density at radius 1 is 0.560 bits per heavy atom. The monoisotopic (exact) mass is 740 g/mol. The van der Waals surface area contributed by atoms with E-state index in [9.17, 15) is 14.4 Å². The molecule has 1 saturated heterocycles. The fraction of sp³-hybridized carbons (Fsp3) is 0.289. The Morgan fingerprint density at radius 2 is 0.960 bits per heavy atom. The molecular formula is C38H35Cl3O9. The molecule has 5 unspecified atom stereocenters. The van der Waals surface area contributed by atoms with Gasteiger partial charge in [0.25, 0.3) is 0 Å². The Hall–Kier alpha value is -3.96. The molecule has 4 aromatic carbocycles. The van der Waals surface area contributed by atoms with E-state index in [2.05, 4.69) is 0 Å². The highest BCUT2D eigenvalue weighted by molar-refractivity contribution is 6.27. The first-order valence-electron chi connectivity index (χ1n) is 15.8. The second-order valence-electron chi connectivity index (χ2n) is 11.2. The van der Waals surface area contributed by atoms with Crippen LogP contribution >= 0.6 is 34.8 Å². The third kappa shape index (κ3) is 9.03. The van der Waals surface area contributed by atoms with Gasteiger partial charge in [-0.15, -0.1) is 34.8 Å². The molecule has 0 spiro atoms. The van der Waals surface area contributed by atoms with Crippen LogP contribution < -0.4 is 0 Å². The standard InChI is InChI=1S/C38H35Cl3O9/c39-21-31(42)48-34-30(25-46-38(27-15-7-2-8-16-27,28-17-9-3-10-18-28)29-19-11-4-12-20-29)47-37(45-24-26-13-5-1-6-14-26)36(50-33(44)23-41)35(34)49-32(43)22-40/h1-20,30,34-37H,21-25H2. The minimum Gasteiger partial charge on any atom is -0.454 e.